The predicted octanol–water partition coefficient (Wildman–Crippen LogP) is 4.66. The Hall–Kier alpha value is -1.16. The standard InChI is InChI=1S/C10H7F3S/c11-14(12,13)10-7-3-5-8-4-1-2-6-9(8)10/h1-7H. The van der Waals surface area contributed by atoms with Crippen molar-refractivity contribution >= 4 is 22.0 Å². The van der Waals surface area contributed by atoms with Gasteiger partial charge < -0.3 is 0 Å². The van der Waals surface area contributed by atoms with Crippen molar-refractivity contribution < 1.29 is 11.7 Å². The van der Waals surface area contributed by atoms with Gasteiger partial charge in [0.05, 0.1) is 4.90 Å². The van der Waals surface area contributed by atoms with Crippen molar-refractivity contribution in [1.29, 1.82) is 0 Å². The molecule has 4 heteroatoms. The second kappa shape index (κ2) is 3.20. The topological polar surface area (TPSA) is 0 Å². The summed E-state index contributed by atoms with van der Waals surface area (Å²) in [4.78, 5) is -0.490. The van der Waals surface area contributed by atoms with E-state index >= 15 is 0 Å². The first-order chi connectivity index (χ1) is 6.59. The summed E-state index contributed by atoms with van der Waals surface area (Å²) in [5, 5.41) is 0.923. The zero-order valence-corrected chi connectivity index (χ0v) is 7.90. The van der Waals surface area contributed by atoms with Gasteiger partial charge in [0.2, 0.25) is 11.2 Å². The van der Waals surface area contributed by atoms with Crippen LogP contribution in [-0.2, 0) is 0 Å². The minimum Gasteiger partial charge on any atom is -0.120 e. The van der Waals surface area contributed by atoms with Crippen molar-refractivity contribution in [1.82, 2.24) is 0 Å². The summed E-state index contributed by atoms with van der Waals surface area (Å²) in [6.07, 6.45) is 0. The molecule has 0 saturated heterocycles. The number of rotatable bonds is 1. The van der Waals surface area contributed by atoms with Crippen molar-refractivity contribution in [2.75, 3.05) is 0 Å². The van der Waals surface area contributed by atoms with Gasteiger partial charge in [-0.25, -0.2) is 0 Å². The van der Waals surface area contributed by atoms with Crippen molar-refractivity contribution in [3.63, 3.8) is 0 Å². The predicted molar refractivity (Wildman–Crippen MR) is 53.1 cm³/mol. The zero-order valence-electron chi connectivity index (χ0n) is 7.08. The van der Waals surface area contributed by atoms with E-state index in [0.717, 1.165) is 6.07 Å². The van der Waals surface area contributed by atoms with Crippen LogP contribution in [0.2, 0.25) is 0 Å². The van der Waals surface area contributed by atoms with Crippen LogP contribution >= 0.6 is 11.2 Å². The molecule has 0 spiro atoms. The molecule has 74 valence electrons. The Morgan fingerprint density at radius 3 is 2.14 bits per heavy atom. The van der Waals surface area contributed by atoms with E-state index in [1.807, 2.05) is 0 Å². The van der Waals surface area contributed by atoms with Gasteiger partial charge in [0, 0.05) is 5.39 Å². The van der Waals surface area contributed by atoms with E-state index in [4.69, 9.17) is 0 Å². The van der Waals surface area contributed by atoms with Crippen LogP contribution in [0.3, 0.4) is 0 Å². The Bertz CT molecular complexity index is 457. The van der Waals surface area contributed by atoms with E-state index in [-0.39, 0.29) is 5.39 Å². The van der Waals surface area contributed by atoms with Gasteiger partial charge in [-0.2, -0.15) is 0 Å². The monoisotopic (exact) mass is 216 g/mol. The molecule has 2 aromatic carbocycles. The van der Waals surface area contributed by atoms with Crippen LogP contribution in [0.5, 0.6) is 0 Å². The highest BCUT2D eigenvalue weighted by Gasteiger charge is 2.26. The smallest absolute Gasteiger partial charge is 0.120 e. The first-order valence-electron chi connectivity index (χ1n) is 3.99. The molecule has 0 nitrogen and oxygen atoms in total. The number of benzene rings is 2. The quantitative estimate of drug-likeness (QED) is 0.650. The SMILES string of the molecule is FS(F)(F)c1cccc2ccccc12. The molecule has 0 aromatic heterocycles. The lowest BCUT2D eigenvalue weighted by Gasteiger charge is -2.12. The fourth-order valence-corrected chi connectivity index (χ4v) is 2.07. The van der Waals surface area contributed by atoms with Crippen molar-refractivity contribution in [2.24, 2.45) is 0 Å². The van der Waals surface area contributed by atoms with E-state index in [1.165, 1.54) is 12.1 Å². The summed E-state index contributed by atoms with van der Waals surface area (Å²) in [6.45, 7) is 0. The lowest BCUT2D eigenvalue weighted by molar-refractivity contribution is 0.635. The van der Waals surface area contributed by atoms with Gasteiger partial charge in [0.15, 0.2) is 0 Å². The molecule has 0 heterocycles. The van der Waals surface area contributed by atoms with Gasteiger partial charge >= 0.3 is 0 Å². The number of hydrogen-bond acceptors (Lipinski definition) is 0. The van der Waals surface area contributed by atoms with E-state index < -0.39 is 16.1 Å². The minimum absolute atomic E-state index is 0.289. The molecule has 2 rings (SSSR count). The molecule has 0 aliphatic heterocycles. The fraction of sp³-hybridized carbons (Fsp3) is 0. The van der Waals surface area contributed by atoms with Crippen LogP contribution in [0.4, 0.5) is 11.7 Å². The Morgan fingerprint density at radius 2 is 1.43 bits per heavy atom. The third-order valence-corrected chi connectivity index (χ3v) is 2.85. The molecule has 14 heavy (non-hydrogen) atoms. The highest BCUT2D eigenvalue weighted by molar-refractivity contribution is 8.21. The summed E-state index contributed by atoms with van der Waals surface area (Å²) < 4.78 is 37.8. The number of fused-ring (bicyclic) bond motifs is 1. The summed E-state index contributed by atoms with van der Waals surface area (Å²) in [6, 6.07) is 10.8. The molecular weight excluding hydrogens is 209 g/mol. The van der Waals surface area contributed by atoms with Crippen LogP contribution in [0, 0.1) is 0 Å². The van der Waals surface area contributed by atoms with Gasteiger partial charge in [0.25, 0.3) is 0 Å². The summed E-state index contributed by atoms with van der Waals surface area (Å²) in [5.74, 6) is 0. The minimum atomic E-state index is -5.13. The second-order valence-electron chi connectivity index (χ2n) is 2.88. The maximum Gasteiger partial charge on any atom is 0.238 e. The van der Waals surface area contributed by atoms with E-state index in [0.29, 0.717) is 5.39 Å². The highest BCUT2D eigenvalue weighted by atomic mass is 32.3. The average Bonchev–Trinajstić information content (AvgIpc) is 2.15. The maximum atomic E-state index is 12.6. The number of hydrogen-bond donors (Lipinski definition) is 0. The molecule has 0 bridgehead atoms. The number of halogens is 3. The van der Waals surface area contributed by atoms with Gasteiger partial charge in [0.1, 0.15) is 0 Å². The van der Waals surface area contributed by atoms with Crippen molar-refractivity contribution in [2.45, 2.75) is 4.90 Å². The Morgan fingerprint density at radius 1 is 0.786 bits per heavy atom. The van der Waals surface area contributed by atoms with Crippen LogP contribution < -0.4 is 0 Å². The third-order valence-electron chi connectivity index (χ3n) is 2.00. The Kier molecular flexibility index (Phi) is 2.15. The van der Waals surface area contributed by atoms with E-state index in [1.54, 1.807) is 24.3 Å². The fourth-order valence-electron chi connectivity index (χ4n) is 1.40. The highest BCUT2D eigenvalue weighted by Crippen LogP contribution is 2.62. The molecular formula is C10H7F3S. The van der Waals surface area contributed by atoms with Crippen molar-refractivity contribution in [3.8, 4) is 0 Å². The van der Waals surface area contributed by atoms with Crippen molar-refractivity contribution in [3.05, 3.63) is 42.5 Å². The summed E-state index contributed by atoms with van der Waals surface area (Å²) in [5.41, 5.74) is 0. The molecule has 0 amide bonds. The zero-order chi connectivity index (χ0) is 10.2. The third kappa shape index (κ3) is 1.57. The van der Waals surface area contributed by atoms with Gasteiger partial charge in [-0.05, 0) is 11.5 Å². The Balaban J connectivity index is 2.78. The maximum absolute atomic E-state index is 12.6. The average molecular weight is 216 g/mol. The lowest BCUT2D eigenvalue weighted by atomic mass is 10.1. The van der Waals surface area contributed by atoms with Gasteiger partial charge in [-0.1, -0.05) is 36.4 Å². The van der Waals surface area contributed by atoms with Crippen LogP contribution in [0.25, 0.3) is 10.8 Å². The first kappa shape index (κ1) is 9.40. The molecule has 0 aliphatic rings. The van der Waals surface area contributed by atoms with E-state index in [2.05, 4.69) is 0 Å². The van der Waals surface area contributed by atoms with Crippen LogP contribution in [0.1, 0.15) is 0 Å². The molecule has 0 saturated carbocycles. The normalized spacial score (nSPS) is 13.1. The molecule has 0 unspecified atom stereocenters. The summed E-state index contributed by atoms with van der Waals surface area (Å²) in [7, 11) is 0. The molecule has 0 fully saturated rings. The van der Waals surface area contributed by atoms with Gasteiger partial charge in [-0.15, -0.1) is 11.7 Å². The molecule has 2 aromatic rings. The molecule has 0 N–H and O–H groups in total. The van der Waals surface area contributed by atoms with Crippen LogP contribution in [-0.4, -0.2) is 0 Å². The molecule has 0 aliphatic carbocycles. The summed E-state index contributed by atoms with van der Waals surface area (Å²) >= 11 is -5.13. The van der Waals surface area contributed by atoms with Crippen LogP contribution in [0.15, 0.2) is 47.4 Å². The largest absolute Gasteiger partial charge is 0.238 e. The molecule has 0 radical (unpaired) electrons. The second-order valence-corrected chi connectivity index (χ2v) is 4.14. The molecule has 0 atom stereocenters. The first-order valence-corrected chi connectivity index (χ1v) is 5.32. The lowest BCUT2D eigenvalue weighted by Crippen LogP contribution is -1.82. The van der Waals surface area contributed by atoms with Gasteiger partial charge in [-0.3, -0.25) is 0 Å². The van der Waals surface area contributed by atoms with E-state index in [9.17, 15) is 11.7 Å². The Labute approximate surface area is 81.6 Å².